The Labute approximate surface area is 120 Å². The van der Waals surface area contributed by atoms with E-state index in [0.717, 1.165) is 0 Å². The van der Waals surface area contributed by atoms with E-state index in [9.17, 15) is 9.59 Å². The van der Waals surface area contributed by atoms with Crippen LogP contribution in [0.25, 0.3) is 5.69 Å². The third-order valence-corrected chi connectivity index (χ3v) is 2.90. The summed E-state index contributed by atoms with van der Waals surface area (Å²) >= 11 is 5.83. The van der Waals surface area contributed by atoms with Gasteiger partial charge in [-0.1, -0.05) is 11.6 Å². The number of hydrogen-bond acceptors (Lipinski definition) is 4. The van der Waals surface area contributed by atoms with Crippen LogP contribution in [0.4, 0.5) is 0 Å². The number of esters is 1. The van der Waals surface area contributed by atoms with Crippen molar-refractivity contribution in [2.75, 3.05) is 6.61 Å². The smallest absolute Gasteiger partial charge is 0.362 e. The summed E-state index contributed by atoms with van der Waals surface area (Å²) in [4.78, 5) is 23.5. The molecular formula is C14H13ClN2O3. The SMILES string of the molecule is CCOC(=O)c1nn(-c2ccc(Cl)cc2)c(C)cc1=O. The minimum absolute atomic E-state index is 0.189. The molecule has 0 unspecified atom stereocenters. The number of aromatic nitrogens is 2. The summed E-state index contributed by atoms with van der Waals surface area (Å²) in [5.41, 5.74) is 0.640. The summed E-state index contributed by atoms with van der Waals surface area (Å²) < 4.78 is 6.33. The fraction of sp³-hybridized carbons (Fsp3) is 0.214. The highest BCUT2D eigenvalue weighted by atomic mass is 35.5. The molecule has 0 spiro atoms. The van der Waals surface area contributed by atoms with E-state index in [-0.39, 0.29) is 12.3 Å². The van der Waals surface area contributed by atoms with E-state index in [2.05, 4.69) is 5.10 Å². The van der Waals surface area contributed by atoms with Gasteiger partial charge in [-0.05, 0) is 38.1 Å². The van der Waals surface area contributed by atoms with Crippen LogP contribution in [-0.4, -0.2) is 22.4 Å². The van der Waals surface area contributed by atoms with Gasteiger partial charge < -0.3 is 4.74 Å². The van der Waals surface area contributed by atoms with Crippen LogP contribution < -0.4 is 5.43 Å². The molecule has 6 heteroatoms. The number of aryl methyl sites for hydroxylation is 1. The summed E-state index contributed by atoms with van der Waals surface area (Å²) in [5, 5.41) is 4.67. The van der Waals surface area contributed by atoms with E-state index in [4.69, 9.17) is 16.3 Å². The molecule has 0 atom stereocenters. The van der Waals surface area contributed by atoms with Crippen molar-refractivity contribution in [1.29, 1.82) is 0 Å². The van der Waals surface area contributed by atoms with Gasteiger partial charge in [0.25, 0.3) is 0 Å². The number of carbonyl (C=O) groups excluding carboxylic acids is 1. The average molecular weight is 293 g/mol. The summed E-state index contributed by atoms with van der Waals surface area (Å²) in [6.45, 7) is 3.59. The lowest BCUT2D eigenvalue weighted by atomic mass is 10.3. The number of benzene rings is 1. The standard InChI is InChI=1S/C14H13ClN2O3/c1-3-20-14(19)13-12(18)8-9(2)17(16-13)11-6-4-10(15)5-7-11/h4-8H,3H2,1-2H3. The van der Waals surface area contributed by atoms with Gasteiger partial charge in [0, 0.05) is 16.8 Å². The van der Waals surface area contributed by atoms with Crippen LogP contribution >= 0.6 is 11.6 Å². The minimum atomic E-state index is -0.722. The van der Waals surface area contributed by atoms with E-state index >= 15 is 0 Å². The largest absolute Gasteiger partial charge is 0.461 e. The summed E-state index contributed by atoms with van der Waals surface area (Å²) in [7, 11) is 0. The van der Waals surface area contributed by atoms with Gasteiger partial charge >= 0.3 is 5.97 Å². The second kappa shape index (κ2) is 5.88. The van der Waals surface area contributed by atoms with Gasteiger partial charge in [-0.2, -0.15) is 5.10 Å². The van der Waals surface area contributed by atoms with Gasteiger partial charge in [-0.3, -0.25) is 4.79 Å². The molecule has 2 aromatic rings. The van der Waals surface area contributed by atoms with Crippen LogP contribution in [0.2, 0.25) is 5.02 Å². The number of carbonyl (C=O) groups is 1. The van der Waals surface area contributed by atoms with Crippen LogP contribution in [0.3, 0.4) is 0 Å². The molecule has 0 fully saturated rings. The van der Waals surface area contributed by atoms with Gasteiger partial charge in [-0.25, -0.2) is 9.48 Å². The number of hydrogen-bond donors (Lipinski definition) is 0. The van der Waals surface area contributed by atoms with E-state index in [0.29, 0.717) is 16.4 Å². The van der Waals surface area contributed by atoms with Gasteiger partial charge in [-0.15, -0.1) is 0 Å². The van der Waals surface area contributed by atoms with Crippen molar-refractivity contribution in [2.45, 2.75) is 13.8 Å². The Morgan fingerprint density at radius 1 is 1.35 bits per heavy atom. The maximum atomic E-state index is 11.8. The highest BCUT2D eigenvalue weighted by Crippen LogP contribution is 2.13. The monoisotopic (exact) mass is 292 g/mol. The number of rotatable bonds is 3. The third-order valence-electron chi connectivity index (χ3n) is 2.65. The molecule has 1 heterocycles. The highest BCUT2D eigenvalue weighted by molar-refractivity contribution is 6.30. The lowest BCUT2D eigenvalue weighted by Crippen LogP contribution is -2.24. The molecule has 0 saturated heterocycles. The molecule has 0 saturated carbocycles. The molecule has 0 radical (unpaired) electrons. The maximum absolute atomic E-state index is 11.8. The normalized spacial score (nSPS) is 10.3. The second-order valence-corrected chi connectivity index (χ2v) is 4.54. The fourth-order valence-corrected chi connectivity index (χ4v) is 1.86. The third kappa shape index (κ3) is 2.88. The predicted molar refractivity (Wildman–Crippen MR) is 75.5 cm³/mol. The van der Waals surface area contributed by atoms with Crippen molar-refractivity contribution in [3.63, 3.8) is 0 Å². The lowest BCUT2D eigenvalue weighted by molar-refractivity contribution is 0.0515. The van der Waals surface area contributed by atoms with Crippen molar-refractivity contribution in [2.24, 2.45) is 0 Å². The van der Waals surface area contributed by atoms with Gasteiger partial charge in [0.1, 0.15) is 0 Å². The average Bonchev–Trinajstić information content (AvgIpc) is 2.40. The van der Waals surface area contributed by atoms with Crippen molar-refractivity contribution >= 4 is 17.6 Å². The van der Waals surface area contributed by atoms with Gasteiger partial charge in [0.15, 0.2) is 0 Å². The molecule has 1 aromatic heterocycles. The van der Waals surface area contributed by atoms with Crippen LogP contribution in [0.15, 0.2) is 35.1 Å². The van der Waals surface area contributed by atoms with E-state index < -0.39 is 11.4 Å². The predicted octanol–water partition coefficient (Wildman–Crippen LogP) is 2.37. The van der Waals surface area contributed by atoms with Gasteiger partial charge in [0.05, 0.1) is 12.3 Å². The van der Waals surface area contributed by atoms with Crippen LogP contribution in [0.1, 0.15) is 23.1 Å². The van der Waals surface area contributed by atoms with Crippen LogP contribution in [0.5, 0.6) is 0 Å². The Bertz CT molecular complexity index is 693. The first-order valence-corrected chi connectivity index (χ1v) is 6.44. The molecule has 2 rings (SSSR count). The second-order valence-electron chi connectivity index (χ2n) is 4.11. The number of nitrogens with zero attached hydrogens (tertiary/aromatic N) is 2. The Morgan fingerprint density at radius 3 is 2.60 bits per heavy atom. The van der Waals surface area contributed by atoms with Crippen molar-refractivity contribution in [1.82, 2.24) is 9.78 Å². The van der Waals surface area contributed by atoms with Crippen molar-refractivity contribution < 1.29 is 9.53 Å². The Balaban J connectivity index is 2.54. The molecule has 0 aliphatic carbocycles. The molecule has 0 aliphatic rings. The van der Waals surface area contributed by atoms with E-state index in [1.54, 1.807) is 38.1 Å². The Kier molecular flexibility index (Phi) is 4.20. The Morgan fingerprint density at radius 2 is 2.00 bits per heavy atom. The number of ether oxygens (including phenoxy) is 1. The molecule has 0 N–H and O–H groups in total. The van der Waals surface area contributed by atoms with Crippen LogP contribution in [-0.2, 0) is 4.74 Å². The zero-order chi connectivity index (χ0) is 14.7. The summed E-state index contributed by atoms with van der Waals surface area (Å²) in [6.07, 6.45) is 0. The fourth-order valence-electron chi connectivity index (χ4n) is 1.73. The molecule has 0 bridgehead atoms. The molecule has 0 amide bonds. The summed E-state index contributed by atoms with van der Waals surface area (Å²) in [6, 6.07) is 8.28. The maximum Gasteiger partial charge on any atom is 0.362 e. The Hall–Kier alpha value is -2.14. The van der Waals surface area contributed by atoms with E-state index in [1.807, 2.05) is 0 Å². The first-order valence-electron chi connectivity index (χ1n) is 6.07. The molecule has 5 nitrogen and oxygen atoms in total. The quantitative estimate of drug-likeness (QED) is 0.815. The first-order chi connectivity index (χ1) is 9.52. The molecule has 0 aliphatic heterocycles. The molecule has 104 valence electrons. The molecular weight excluding hydrogens is 280 g/mol. The minimum Gasteiger partial charge on any atom is -0.461 e. The lowest BCUT2D eigenvalue weighted by Gasteiger charge is -2.10. The highest BCUT2D eigenvalue weighted by Gasteiger charge is 2.16. The molecule has 20 heavy (non-hydrogen) atoms. The van der Waals surface area contributed by atoms with Crippen LogP contribution in [0, 0.1) is 6.92 Å². The van der Waals surface area contributed by atoms with Crippen molar-refractivity contribution in [3.8, 4) is 5.69 Å². The zero-order valence-electron chi connectivity index (χ0n) is 11.1. The topological polar surface area (TPSA) is 61.2 Å². The molecule has 1 aromatic carbocycles. The zero-order valence-corrected chi connectivity index (χ0v) is 11.8. The van der Waals surface area contributed by atoms with Gasteiger partial charge in [0.2, 0.25) is 11.1 Å². The van der Waals surface area contributed by atoms with Crippen molar-refractivity contribution in [3.05, 3.63) is 57.0 Å². The number of halogens is 1. The summed E-state index contributed by atoms with van der Waals surface area (Å²) in [5.74, 6) is -0.722. The van der Waals surface area contributed by atoms with E-state index in [1.165, 1.54) is 10.7 Å². The first kappa shape index (κ1) is 14.3.